The van der Waals surface area contributed by atoms with E-state index in [1.165, 1.54) is 6.07 Å². The molecule has 0 radical (unpaired) electrons. The Morgan fingerprint density at radius 1 is 1.31 bits per heavy atom. The van der Waals surface area contributed by atoms with Crippen LogP contribution in [0.15, 0.2) is 30.6 Å². The van der Waals surface area contributed by atoms with Crippen molar-refractivity contribution in [2.45, 2.75) is 38.8 Å². The van der Waals surface area contributed by atoms with Crippen molar-refractivity contribution in [3.8, 4) is 5.75 Å². The van der Waals surface area contributed by atoms with E-state index >= 15 is 0 Å². The molecule has 9 nitrogen and oxygen atoms in total. The molecular weight excluding hydrogens is 372 g/mol. The SMILES string of the molecule is CC(C)n1cnc2c(NC(=O)c3ccccc3O)nc(N3CCC[C@@H]3CO)nc21. The quantitative estimate of drug-likeness (QED) is 0.606. The Kier molecular flexibility index (Phi) is 5.06. The van der Waals surface area contributed by atoms with Crippen molar-refractivity contribution in [3.63, 3.8) is 0 Å². The molecule has 4 rings (SSSR count). The summed E-state index contributed by atoms with van der Waals surface area (Å²) in [5.74, 6) is 0.140. The highest BCUT2D eigenvalue weighted by molar-refractivity contribution is 6.08. The van der Waals surface area contributed by atoms with Gasteiger partial charge >= 0.3 is 0 Å². The molecule has 1 fully saturated rings. The third-order valence-corrected chi connectivity index (χ3v) is 5.19. The van der Waals surface area contributed by atoms with Crippen LogP contribution in [0.1, 0.15) is 43.1 Å². The zero-order chi connectivity index (χ0) is 20.5. The van der Waals surface area contributed by atoms with E-state index in [0.717, 1.165) is 19.4 Å². The standard InChI is InChI=1S/C20H24N6O3/c1-12(2)26-11-21-16-17(22-19(29)14-7-3-4-8-15(14)28)23-20(24-18(16)26)25-9-5-6-13(25)10-27/h3-4,7-8,11-13,27-28H,5-6,9-10H2,1-2H3,(H,22,23,24,29)/t13-/m1/s1. The van der Waals surface area contributed by atoms with Gasteiger partial charge in [0, 0.05) is 12.6 Å². The fourth-order valence-electron chi connectivity index (χ4n) is 3.63. The van der Waals surface area contributed by atoms with Gasteiger partial charge in [-0.15, -0.1) is 0 Å². The number of amides is 1. The lowest BCUT2D eigenvalue weighted by molar-refractivity contribution is 0.102. The number of para-hydroxylation sites is 1. The molecule has 0 aliphatic carbocycles. The number of aliphatic hydroxyl groups excluding tert-OH is 1. The van der Waals surface area contributed by atoms with Crippen LogP contribution in [0, 0.1) is 0 Å². The van der Waals surface area contributed by atoms with Gasteiger partial charge in [0.2, 0.25) is 5.95 Å². The molecule has 29 heavy (non-hydrogen) atoms. The lowest BCUT2D eigenvalue weighted by Gasteiger charge is -2.23. The average Bonchev–Trinajstić information content (AvgIpc) is 3.35. The number of imidazole rings is 1. The van der Waals surface area contributed by atoms with Gasteiger partial charge in [-0.1, -0.05) is 12.1 Å². The number of anilines is 2. The molecule has 0 unspecified atom stereocenters. The second-order valence-electron chi connectivity index (χ2n) is 7.43. The van der Waals surface area contributed by atoms with Gasteiger partial charge in [-0.05, 0) is 38.8 Å². The summed E-state index contributed by atoms with van der Waals surface area (Å²) in [7, 11) is 0. The molecule has 1 amide bonds. The summed E-state index contributed by atoms with van der Waals surface area (Å²) in [6.07, 6.45) is 3.48. The molecule has 0 bridgehead atoms. The topological polar surface area (TPSA) is 116 Å². The minimum absolute atomic E-state index is 0.0183. The van der Waals surface area contributed by atoms with E-state index < -0.39 is 5.91 Å². The lowest BCUT2D eigenvalue weighted by atomic mass is 10.2. The monoisotopic (exact) mass is 396 g/mol. The van der Waals surface area contributed by atoms with E-state index in [0.29, 0.717) is 17.1 Å². The number of carbonyl (C=O) groups excluding carboxylic acids is 1. The highest BCUT2D eigenvalue weighted by Crippen LogP contribution is 2.29. The number of nitrogens with one attached hydrogen (secondary N) is 1. The zero-order valence-electron chi connectivity index (χ0n) is 16.4. The normalized spacial score (nSPS) is 16.7. The van der Waals surface area contributed by atoms with Crippen molar-refractivity contribution >= 4 is 28.8 Å². The smallest absolute Gasteiger partial charge is 0.260 e. The number of phenols is 1. The van der Waals surface area contributed by atoms with Gasteiger partial charge in [0.05, 0.1) is 24.5 Å². The Hall–Kier alpha value is -3.20. The number of aromatic nitrogens is 4. The van der Waals surface area contributed by atoms with E-state index in [2.05, 4.69) is 15.3 Å². The summed E-state index contributed by atoms with van der Waals surface area (Å²) in [5.41, 5.74) is 1.24. The van der Waals surface area contributed by atoms with Crippen LogP contribution in [0.5, 0.6) is 5.75 Å². The first-order valence-corrected chi connectivity index (χ1v) is 9.71. The highest BCUT2D eigenvalue weighted by Gasteiger charge is 2.28. The van der Waals surface area contributed by atoms with Crippen molar-refractivity contribution in [1.82, 2.24) is 19.5 Å². The third kappa shape index (κ3) is 3.49. The summed E-state index contributed by atoms with van der Waals surface area (Å²) in [6.45, 7) is 4.80. The lowest BCUT2D eigenvalue weighted by Crippen LogP contribution is -2.33. The number of carbonyl (C=O) groups is 1. The van der Waals surface area contributed by atoms with Crippen LogP contribution >= 0.6 is 0 Å². The molecule has 0 spiro atoms. The number of rotatable bonds is 5. The average molecular weight is 396 g/mol. The molecular formula is C20H24N6O3. The number of aliphatic hydroxyl groups is 1. The predicted molar refractivity (Wildman–Crippen MR) is 109 cm³/mol. The Bertz CT molecular complexity index is 1050. The minimum atomic E-state index is -0.478. The van der Waals surface area contributed by atoms with E-state index in [-0.39, 0.29) is 35.8 Å². The fourth-order valence-corrected chi connectivity index (χ4v) is 3.63. The molecule has 1 aliphatic heterocycles. The van der Waals surface area contributed by atoms with Crippen LogP contribution < -0.4 is 10.2 Å². The predicted octanol–water partition coefficient (Wildman–Crippen LogP) is 2.33. The molecule has 1 aromatic carbocycles. The highest BCUT2D eigenvalue weighted by atomic mass is 16.3. The summed E-state index contributed by atoms with van der Waals surface area (Å²) in [5, 5.41) is 22.5. The molecule has 9 heteroatoms. The zero-order valence-corrected chi connectivity index (χ0v) is 16.4. The maximum atomic E-state index is 12.8. The number of phenolic OH excluding ortho intramolecular Hbond substituents is 1. The Morgan fingerprint density at radius 2 is 2.10 bits per heavy atom. The molecule has 1 aliphatic rings. The van der Waals surface area contributed by atoms with Crippen molar-refractivity contribution < 1.29 is 15.0 Å². The van der Waals surface area contributed by atoms with Crippen molar-refractivity contribution in [2.75, 3.05) is 23.4 Å². The Labute approximate surface area is 168 Å². The maximum Gasteiger partial charge on any atom is 0.260 e. The van der Waals surface area contributed by atoms with Crippen LogP contribution in [-0.2, 0) is 0 Å². The van der Waals surface area contributed by atoms with Crippen LogP contribution in [0.2, 0.25) is 0 Å². The molecule has 1 atom stereocenters. The van der Waals surface area contributed by atoms with Crippen LogP contribution in [0.3, 0.4) is 0 Å². The first kappa shape index (κ1) is 19.1. The summed E-state index contributed by atoms with van der Waals surface area (Å²) in [6, 6.07) is 6.40. The first-order chi connectivity index (χ1) is 14.0. The van der Waals surface area contributed by atoms with Crippen LogP contribution in [0.25, 0.3) is 11.2 Å². The van der Waals surface area contributed by atoms with Gasteiger partial charge < -0.3 is 25.0 Å². The number of nitrogens with zero attached hydrogens (tertiary/aromatic N) is 5. The van der Waals surface area contributed by atoms with E-state index in [9.17, 15) is 15.0 Å². The summed E-state index contributed by atoms with van der Waals surface area (Å²) < 4.78 is 1.92. The number of hydrogen-bond acceptors (Lipinski definition) is 7. The van der Waals surface area contributed by atoms with Gasteiger partial charge in [-0.2, -0.15) is 9.97 Å². The minimum Gasteiger partial charge on any atom is -0.507 e. The maximum absolute atomic E-state index is 12.8. The Morgan fingerprint density at radius 3 is 2.83 bits per heavy atom. The van der Waals surface area contributed by atoms with Gasteiger partial charge in [0.1, 0.15) is 5.75 Å². The second kappa shape index (κ2) is 7.67. The van der Waals surface area contributed by atoms with Crippen molar-refractivity contribution in [2.24, 2.45) is 0 Å². The largest absolute Gasteiger partial charge is 0.507 e. The third-order valence-electron chi connectivity index (χ3n) is 5.19. The number of fused-ring (bicyclic) bond motifs is 1. The van der Waals surface area contributed by atoms with Crippen molar-refractivity contribution in [3.05, 3.63) is 36.2 Å². The van der Waals surface area contributed by atoms with E-state index in [1.54, 1.807) is 24.5 Å². The van der Waals surface area contributed by atoms with Gasteiger partial charge in [0.15, 0.2) is 17.0 Å². The van der Waals surface area contributed by atoms with E-state index in [1.807, 2.05) is 23.3 Å². The second-order valence-corrected chi connectivity index (χ2v) is 7.43. The van der Waals surface area contributed by atoms with E-state index in [4.69, 9.17) is 4.98 Å². The summed E-state index contributed by atoms with van der Waals surface area (Å²) >= 11 is 0. The molecule has 1 saturated heterocycles. The molecule has 3 N–H and O–H groups in total. The van der Waals surface area contributed by atoms with Crippen LogP contribution in [-0.4, -0.2) is 54.8 Å². The number of aromatic hydroxyl groups is 1. The van der Waals surface area contributed by atoms with Crippen molar-refractivity contribution in [1.29, 1.82) is 0 Å². The molecule has 3 aromatic rings. The molecule has 2 aromatic heterocycles. The van der Waals surface area contributed by atoms with Gasteiger partial charge in [-0.3, -0.25) is 4.79 Å². The van der Waals surface area contributed by atoms with Crippen LogP contribution in [0.4, 0.5) is 11.8 Å². The molecule has 152 valence electrons. The fraction of sp³-hybridized carbons (Fsp3) is 0.400. The Balaban J connectivity index is 1.79. The molecule has 3 heterocycles. The number of hydrogen-bond donors (Lipinski definition) is 3. The summed E-state index contributed by atoms with van der Waals surface area (Å²) in [4.78, 5) is 28.4. The van der Waals surface area contributed by atoms with Gasteiger partial charge in [0.25, 0.3) is 5.91 Å². The number of benzene rings is 1. The van der Waals surface area contributed by atoms with Gasteiger partial charge in [-0.25, -0.2) is 4.98 Å². The first-order valence-electron chi connectivity index (χ1n) is 9.71. The molecule has 0 saturated carbocycles.